The SMILES string of the molecule is CC(C)(C)C(=O)OCOCc1ccc(-c2nc(-c3c[nH]c4ncc(Cl)nc34)nc(N[C@@H]3CC4CCC3CC4)c2F)s1. The fourth-order valence-electron chi connectivity index (χ4n) is 5.63. The number of carbonyl (C=O) groups is 1. The van der Waals surface area contributed by atoms with Gasteiger partial charge in [-0.2, -0.15) is 0 Å². The van der Waals surface area contributed by atoms with Crippen LogP contribution in [-0.2, 0) is 20.9 Å². The van der Waals surface area contributed by atoms with Crippen LogP contribution in [0.25, 0.3) is 33.1 Å². The molecule has 0 aromatic carbocycles. The molecule has 0 aliphatic heterocycles. The maximum Gasteiger partial charge on any atom is 0.313 e. The van der Waals surface area contributed by atoms with Crippen LogP contribution in [-0.4, -0.2) is 43.7 Å². The van der Waals surface area contributed by atoms with Crippen molar-refractivity contribution in [1.82, 2.24) is 24.9 Å². The lowest BCUT2D eigenvalue weighted by Gasteiger charge is -2.42. The summed E-state index contributed by atoms with van der Waals surface area (Å²) >= 11 is 7.50. The van der Waals surface area contributed by atoms with Crippen LogP contribution in [0, 0.1) is 23.1 Å². The molecule has 12 heteroatoms. The molecule has 2 bridgehead atoms. The highest BCUT2D eigenvalue weighted by Crippen LogP contribution is 2.43. The molecule has 0 saturated heterocycles. The van der Waals surface area contributed by atoms with Gasteiger partial charge in [0.15, 0.2) is 29.9 Å². The number of ether oxygens (including phenoxy) is 2. The van der Waals surface area contributed by atoms with Gasteiger partial charge in [0, 0.05) is 17.1 Å². The molecule has 7 rings (SSSR count). The molecule has 41 heavy (non-hydrogen) atoms. The average molecular weight is 599 g/mol. The quantitative estimate of drug-likeness (QED) is 0.127. The summed E-state index contributed by atoms with van der Waals surface area (Å²) in [5.74, 6) is 0.869. The first-order chi connectivity index (χ1) is 19.7. The van der Waals surface area contributed by atoms with E-state index >= 15 is 4.39 Å². The molecular weight excluding hydrogens is 567 g/mol. The number of H-pyrrole nitrogens is 1. The zero-order valence-electron chi connectivity index (χ0n) is 23.2. The zero-order valence-corrected chi connectivity index (χ0v) is 24.7. The number of aromatic amines is 1. The number of hydrogen-bond acceptors (Lipinski definition) is 9. The van der Waals surface area contributed by atoms with Gasteiger partial charge in [-0.05, 0) is 64.0 Å². The lowest BCUT2D eigenvalue weighted by atomic mass is 9.68. The highest BCUT2D eigenvalue weighted by molar-refractivity contribution is 7.15. The largest absolute Gasteiger partial charge is 0.438 e. The van der Waals surface area contributed by atoms with Gasteiger partial charge >= 0.3 is 5.97 Å². The predicted octanol–water partition coefficient (Wildman–Crippen LogP) is 6.99. The molecule has 0 spiro atoms. The van der Waals surface area contributed by atoms with Crippen molar-refractivity contribution < 1.29 is 18.7 Å². The minimum Gasteiger partial charge on any atom is -0.438 e. The van der Waals surface area contributed by atoms with Crippen LogP contribution in [0.2, 0.25) is 5.15 Å². The molecule has 0 unspecified atom stereocenters. The number of nitrogens with one attached hydrogen (secondary N) is 2. The third kappa shape index (κ3) is 5.93. The summed E-state index contributed by atoms with van der Waals surface area (Å²) in [5.41, 5.74) is 1.23. The minimum atomic E-state index is -0.605. The topological polar surface area (TPSA) is 115 Å². The van der Waals surface area contributed by atoms with Crippen molar-refractivity contribution in [1.29, 1.82) is 0 Å². The number of aromatic nitrogens is 5. The Morgan fingerprint density at radius 2 is 2.00 bits per heavy atom. The minimum absolute atomic E-state index is 0.156. The van der Waals surface area contributed by atoms with Gasteiger partial charge in [-0.1, -0.05) is 24.4 Å². The van der Waals surface area contributed by atoms with E-state index in [0.717, 1.165) is 24.1 Å². The number of rotatable bonds is 8. The fraction of sp³-hybridized carbons (Fsp3) is 0.483. The van der Waals surface area contributed by atoms with Gasteiger partial charge in [-0.3, -0.25) is 4.79 Å². The normalized spacial score (nSPS) is 20.5. The van der Waals surface area contributed by atoms with Crippen LogP contribution in [0.15, 0.2) is 24.5 Å². The maximum atomic E-state index is 16.1. The molecule has 2 N–H and O–H groups in total. The molecule has 3 aliphatic carbocycles. The van der Waals surface area contributed by atoms with Gasteiger partial charge in [0.1, 0.15) is 16.4 Å². The van der Waals surface area contributed by atoms with E-state index in [9.17, 15) is 4.79 Å². The van der Waals surface area contributed by atoms with Gasteiger partial charge in [0.2, 0.25) is 0 Å². The average Bonchev–Trinajstić information content (AvgIpc) is 3.59. The molecule has 3 fully saturated rings. The van der Waals surface area contributed by atoms with E-state index in [1.807, 2.05) is 12.1 Å². The predicted molar refractivity (Wildman–Crippen MR) is 156 cm³/mol. The van der Waals surface area contributed by atoms with E-state index in [4.69, 9.17) is 21.1 Å². The van der Waals surface area contributed by atoms with E-state index < -0.39 is 11.2 Å². The second-order valence-corrected chi connectivity index (χ2v) is 13.4. The van der Waals surface area contributed by atoms with Crippen molar-refractivity contribution in [2.24, 2.45) is 17.3 Å². The number of nitrogens with zero attached hydrogens (tertiary/aromatic N) is 4. The van der Waals surface area contributed by atoms with Crippen molar-refractivity contribution in [3.63, 3.8) is 0 Å². The Labute approximate surface area is 246 Å². The standard InChI is InChI=1S/C29H32ClFN6O3S/c1-29(2,3)28(38)40-14-39-13-17-8-9-20(41-17)24-22(31)26(34-19-10-15-4-6-16(19)7-5-15)37-25(36-24)18-11-32-27-23(18)35-21(30)12-33-27/h8-9,11-12,15-16,19H,4-7,10,13-14H2,1-3H3,(H,32,33)(H,34,36,37)/t15?,16?,19-/m1/s1. The van der Waals surface area contributed by atoms with E-state index in [2.05, 4.69) is 30.2 Å². The first-order valence-electron chi connectivity index (χ1n) is 13.8. The summed E-state index contributed by atoms with van der Waals surface area (Å²) in [4.78, 5) is 34.6. The van der Waals surface area contributed by atoms with E-state index in [1.165, 1.54) is 30.4 Å². The molecule has 0 amide bonds. The molecule has 4 aromatic heterocycles. The van der Waals surface area contributed by atoms with Crippen LogP contribution in [0.3, 0.4) is 0 Å². The number of carbonyl (C=O) groups excluding carboxylic acids is 1. The van der Waals surface area contributed by atoms with Crippen molar-refractivity contribution in [2.45, 2.75) is 65.5 Å². The summed E-state index contributed by atoms with van der Waals surface area (Å²) in [6.45, 7) is 5.41. The van der Waals surface area contributed by atoms with Gasteiger partial charge in [0.05, 0.1) is 28.7 Å². The van der Waals surface area contributed by atoms with Gasteiger partial charge in [0.25, 0.3) is 0 Å². The Bertz CT molecular complexity index is 1580. The van der Waals surface area contributed by atoms with Crippen LogP contribution in [0.5, 0.6) is 0 Å². The van der Waals surface area contributed by atoms with Crippen molar-refractivity contribution in [3.8, 4) is 22.0 Å². The second kappa shape index (κ2) is 11.3. The third-order valence-electron chi connectivity index (χ3n) is 7.84. The van der Waals surface area contributed by atoms with E-state index in [1.54, 1.807) is 27.0 Å². The molecule has 1 atom stereocenters. The summed E-state index contributed by atoms with van der Waals surface area (Å²) < 4.78 is 26.9. The van der Waals surface area contributed by atoms with E-state index in [-0.39, 0.29) is 42.1 Å². The first kappa shape index (κ1) is 28.0. The number of anilines is 1. The maximum absolute atomic E-state index is 16.1. The van der Waals surface area contributed by atoms with Crippen LogP contribution in [0.4, 0.5) is 10.2 Å². The third-order valence-corrected chi connectivity index (χ3v) is 9.09. The Kier molecular flexibility index (Phi) is 7.69. The van der Waals surface area contributed by atoms with Gasteiger partial charge in [-0.15, -0.1) is 11.3 Å². The van der Waals surface area contributed by atoms with Crippen LogP contribution in [0.1, 0.15) is 57.8 Å². The molecule has 3 aliphatic rings. The van der Waals surface area contributed by atoms with Gasteiger partial charge in [-0.25, -0.2) is 24.3 Å². The Balaban J connectivity index is 1.30. The summed E-state index contributed by atoms with van der Waals surface area (Å²) in [7, 11) is 0. The summed E-state index contributed by atoms with van der Waals surface area (Å²) in [5, 5.41) is 3.70. The lowest BCUT2D eigenvalue weighted by Crippen LogP contribution is -2.40. The Morgan fingerprint density at radius 1 is 1.20 bits per heavy atom. The number of thiophene rings is 1. The molecule has 216 valence electrons. The molecule has 0 radical (unpaired) electrons. The Hall–Kier alpha value is -3.15. The van der Waals surface area contributed by atoms with Gasteiger partial charge < -0.3 is 19.8 Å². The zero-order chi connectivity index (χ0) is 28.7. The fourth-order valence-corrected chi connectivity index (χ4v) is 6.70. The van der Waals surface area contributed by atoms with Crippen molar-refractivity contribution >= 4 is 45.9 Å². The summed E-state index contributed by atoms with van der Waals surface area (Å²) in [6, 6.07) is 3.85. The highest BCUT2D eigenvalue weighted by Gasteiger charge is 2.36. The summed E-state index contributed by atoms with van der Waals surface area (Å²) in [6.07, 6.45) is 9.01. The van der Waals surface area contributed by atoms with Crippen molar-refractivity contribution in [3.05, 3.63) is 40.4 Å². The monoisotopic (exact) mass is 598 g/mol. The van der Waals surface area contributed by atoms with Crippen LogP contribution < -0.4 is 5.32 Å². The number of esters is 1. The Morgan fingerprint density at radius 3 is 2.73 bits per heavy atom. The molecule has 4 aromatic rings. The molecule has 9 nitrogen and oxygen atoms in total. The number of fused-ring (bicyclic) bond motifs is 4. The van der Waals surface area contributed by atoms with E-state index in [0.29, 0.717) is 39.3 Å². The second-order valence-electron chi connectivity index (χ2n) is 11.8. The molecular formula is C29H32ClFN6O3S. The smallest absolute Gasteiger partial charge is 0.313 e. The van der Waals surface area contributed by atoms with Crippen LogP contribution >= 0.6 is 22.9 Å². The lowest BCUT2D eigenvalue weighted by molar-refractivity contribution is -0.166. The molecule has 4 heterocycles. The van der Waals surface area contributed by atoms with Crippen molar-refractivity contribution in [2.75, 3.05) is 12.1 Å². The first-order valence-corrected chi connectivity index (χ1v) is 15.0. The number of hydrogen-bond donors (Lipinski definition) is 2. The molecule has 3 saturated carbocycles. The highest BCUT2D eigenvalue weighted by atomic mass is 35.5. The number of halogens is 2.